The first kappa shape index (κ1) is 17.8. The smallest absolute Gasteiger partial charge is 0.243 e. The molecule has 1 saturated heterocycles. The molecule has 0 atom stereocenters. The molecule has 8 heteroatoms. The van der Waals surface area contributed by atoms with Gasteiger partial charge in [-0.2, -0.15) is 9.57 Å². The normalized spacial score (nSPS) is 21.0. The molecule has 25 heavy (non-hydrogen) atoms. The highest BCUT2D eigenvalue weighted by Gasteiger charge is 2.45. The summed E-state index contributed by atoms with van der Waals surface area (Å²) in [5.74, 6) is -0.668. The van der Waals surface area contributed by atoms with Crippen LogP contribution in [0, 0.1) is 22.6 Å². The van der Waals surface area contributed by atoms with Gasteiger partial charge in [-0.15, -0.1) is 0 Å². The molecule has 1 saturated carbocycles. The van der Waals surface area contributed by atoms with Gasteiger partial charge in [0.1, 0.15) is 11.2 Å². The van der Waals surface area contributed by atoms with E-state index < -0.39 is 21.3 Å². The Bertz CT molecular complexity index is 787. The van der Waals surface area contributed by atoms with Gasteiger partial charge >= 0.3 is 0 Å². The Labute approximate surface area is 146 Å². The summed E-state index contributed by atoms with van der Waals surface area (Å²) in [6.07, 6.45) is 2.91. The molecule has 2 aliphatic rings. The molecule has 1 aromatic rings. The lowest BCUT2D eigenvalue weighted by Crippen LogP contribution is -2.53. The highest BCUT2D eigenvalue weighted by atomic mass is 32.2. The molecule has 1 aliphatic carbocycles. The highest BCUT2D eigenvalue weighted by molar-refractivity contribution is 7.89. The maximum Gasteiger partial charge on any atom is 0.243 e. The van der Waals surface area contributed by atoms with E-state index >= 15 is 0 Å². The molecule has 1 aromatic carbocycles. The van der Waals surface area contributed by atoms with E-state index in [2.05, 4.69) is 6.07 Å². The SMILES string of the molecule is N#CC1(C(=O)N2CCN(S(=O)(=O)c3ccc(F)cc3)CC2)CCCC1. The number of nitriles is 1. The van der Waals surface area contributed by atoms with Crippen molar-refractivity contribution in [1.82, 2.24) is 9.21 Å². The minimum atomic E-state index is -3.70. The Kier molecular flexibility index (Phi) is 4.80. The molecule has 134 valence electrons. The number of piperazine rings is 1. The lowest BCUT2D eigenvalue weighted by Gasteiger charge is -2.37. The van der Waals surface area contributed by atoms with Crippen LogP contribution in [0.1, 0.15) is 25.7 Å². The average Bonchev–Trinajstić information content (AvgIpc) is 3.12. The van der Waals surface area contributed by atoms with E-state index in [1.165, 1.54) is 16.4 Å². The molecule has 0 unspecified atom stereocenters. The zero-order valence-electron chi connectivity index (χ0n) is 13.8. The van der Waals surface area contributed by atoms with Gasteiger partial charge in [-0.05, 0) is 37.1 Å². The monoisotopic (exact) mass is 365 g/mol. The molecule has 0 aromatic heterocycles. The Balaban J connectivity index is 1.68. The molecule has 0 bridgehead atoms. The molecule has 1 heterocycles. The molecular weight excluding hydrogens is 345 g/mol. The van der Waals surface area contributed by atoms with Gasteiger partial charge in [-0.25, -0.2) is 12.8 Å². The van der Waals surface area contributed by atoms with Crippen LogP contribution < -0.4 is 0 Å². The Hall–Kier alpha value is -1.98. The van der Waals surface area contributed by atoms with Gasteiger partial charge in [0.2, 0.25) is 15.9 Å². The average molecular weight is 365 g/mol. The second-order valence-electron chi connectivity index (χ2n) is 6.55. The number of hydrogen-bond donors (Lipinski definition) is 0. The minimum Gasteiger partial charge on any atom is -0.339 e. The molecule has 0 spiro atoms. The molecule has 6 nitrogen and oxygen atoms in total. The first-order chi connectivity index (χ1) is 11.9. The third kappa shape index (κ3) is 3.26. The van der Waals surface area contributed by atoms with E-state index in [0.29, 0.717) is 12.8 Å². The van der Waals surface area contributed by atoms with Crippen LogP contribution in [0.4, 0.5) is 4.39 Å². The highest BCUT2D eigenvalue weighted by Crippen LogP contribution is 2.39. The zero-order chi connectivity index (χ0) is 18.1. The fourth-order valence-electron chi connectivity index (χ4n) is 3.54. The van der Waals surface area contributed by atoms with Crippen LogP contribution in [0.5, 0.6) is 0 Å². The van der Waals surface area contributed by atoms with E-state index in [9.17, 15) is 22.9 Å². The van der Waals surface area contributed by atoms with Crippen molar-refractivity contribution >= 4 is 15.9 Å². The maximum atomic E-state index is 13.0. The Morgan fingerprint density at radius 1 is 1.08 bits per heavy atom. The number of hydrogen-bond acceptors (Lipinski definition) is 4. The van der Waals surface area contributed by atoms with E-state index in [1.54, 1.807) is 4.90 Å². The van der Waals surface area contributed by atoms with Gasteiger partial charge in [-0.3, -0.25) is 4.79 Å². The number of nitrogens with zero attached hydrogens (tertiary/aromatic N) is 3. The maximum absolute atomic E-state index is 13.0. The largest absolute Gasteiger partial charge is 0.339 e. The second-order valence-corrected chi connectivity index (χ2v) is 8.49. The second kappa shape index (κ2) is 6.73. The summed E-state index contributed by atoms with van der Waals surface area (Å²) in [4.78, 5) is 14.4. The molecule has 0 radical (unpaired) electrons. The number of carbonyl (C=O) groups excluding carboxylic acids is 1. The first-order valence-electron chi connectivity index (χ1n) is 8.35. The summed E-state index contributed by atoms with van der Waals surface area (Å²) >= 11 is 0. The number of halogens is 1. The Morgan fingerprint density at radius 3 is 2.16 bits per heavy atom. The number of rotatable bonds is 3. The summed E-state index contributed by atoms with van der Waals surface area (Å²) in [5, 5.41) is 9.44. The van der Waals surface area contributed by atoms with Gasteiger partial charge in [-0.1, -0.05) is 12.8 Å². The molecule has 1 aliphatic heterocycles. The molecular formula is C17H20FN3O3S. The van der Waals surface area contributed by atoms with Crippen LogP contribution in [0.3, 0.4) is 0 Å². The summed E-state index contributed by atoms with van der Waals surface area (Å²) in [7, 11) is -3.70. The van der Waals surface area contributed by atoms with Crippen molar-refractivity contribution < 1.29 is 17.6 Å². The Morgan fingerprint density at radius 2 is 1.64 bits per heavy atom. The standard InChI is InChI=1S/C17H20FN3O3S/c18-14-3-5-15(6-4-14)25(23,24)21-11-9-20(10-12-21)16(22)17(13-19)7-1-2-8-17/h3-6H,1-2,7-12H2. The van der Waals surface area contributed by atoms with Crippen molar-refractivity contribution in [2.75, 3.05) is 26.2 Å². The minimum absolute atomic E-state index is 0.0398. The number of carbonyl (C=O) groups is 1. The van der Waals surface area contributed by atoms with Crippen LogP contribution in [0.15, 0.2) is 29.2 Å². The predicted octanol–water partition coefficient (Wildman–Crippen LogP) is 1.74. The van der Waals surface area contributed by atoms with Crippen LogP contribution in [0.2, 0.25) is 0 Å². The van der Waals surface area contributed by atoms with Crippen LogP contribution in [0.25, 0.3) is 0 Å². The van der Waals surface area contributed by atoms with E-state index in [1.807, 2.05) is 0 Å². The fourth-order valence-corrected chi connectivity index (χ4v) is 4.96. The van der Waals surface area contributed by atoms with Crippen molar-refractivity contribution in [2.45, 2.75) is 30.6 Å². The summed E-state index contributed by atoms with van der Waals surface area (Å²) in [5.41, 5.74) is -0.933. The molecule has 2 fully saturated rings. The third-order valence-corrected chi connectivity index (χ3v) is 6.97. The van der Waals surface area contributed by atoms with Crippen molar-refractivity contribution in [3.63, 3.8) is 0 Å². The molecule has 0 N–H and O–H groups in total. The van der Waals surface area contributed by atoms with Crippen LogP contribution in [-0.4, -0.2) is 49.7 Å². The van der Waals surface area contributed by atoms with Crippen molar-refractivity contribution in [1.29, 1.82) is 5.26 Å². The number of amides is 1. The third-order valence-electron chi connectivity index (χ3n) is 5.06. The summed E-state index contributed by atoms with van der Waals surface area (Å²) < 4.78 is 39.5. The van der Waals surface area contributed by atoms with E-state index in [-0.39, 0.29) is 37.0 Å². The lowest BCUT2D eigenvalue weighted by molar-refractivity contribution is -0.140. The lowest BCUT2D eigenvalue weighted by atomic mass is 9.86. The quantitative estimate of drug-likeness (QED) is 0.817. The van der Waals surface area contributed by atoms with Gasteiger partial charge in [0, 0.05) is 26.2 Å². The van der Waals surface area contributed by atoms with Crippen molar-refractivity contribution in [2.24, 2.45) is 5.41 Å². The van der Waals surface area contributed by atoms with Crippen LogP contribution >= 0.6 is 0 Å². The van der Waals surface area contributed by atoms with Gasteiger partial charge < -0.3 is 4.90 Å². The van der Waals surface area contributed by atoms with Gasteiger partial charge in [0.05, 0.1) is 11.0 Å². The van der Waals surface area contributed by atoms with Gasteiger partial charge in [0.25, 0.3) is 0 Å². The number of sulfonamides is 1. The van der Waals surface area contributed by atoms with E-state index in [4.69, 9.17) is 0 Å². The van der Waals surface area contributed by atoms with Crippen molar-refractivity contribution in [3.05, 3.63) is 30.1 Å². The first-order valence-corrected chi connectivity index (χ1v) is 9.79. The predicted molar refractivity (Wildman–Crippen MR) is 88.3 cm³/mol. The zero-order valence-corrected chi connectivity index (χ0v) is 14.6. The molecule has 3 rings (SSSR count). The van der Waals surface area contributed by atoms with E-state index in [0.717, 1.165) is 25.0 Å². The topological polar surface area (TPSA) is 81.5 Å². The van der Waals surface area contributed by atoms with Gasteiger partial charge in [0.15, 0.2) is 0 Å². The fraction of sp³-hybridized carbons (Fsp3) is 0.529. The van der Waals surface area contributed by atoms with Crippen molar-refractivity contribution in [3.8, 4) is 6.07 Å². The summed E-state index contributed by atoms with van der Waals surface area (Å²) in [6, 6.07) is 6.90. The number of benzene rings is 1. The van der Waals surface area contributed by atoms with Crippen LogP contribution in [-0.2, 0) is 14.8 Å². The molecule has 1 amide bonds. The summed E-state index contributed by atoms with van der Waals surface area (Å²) in [6.45, 7) is 0.880.